The molecule has 0 radical (unpaired) electrons. The molecule has 0 N–H and O–H groups in total. The average Bonchev–Trinajstić information content (AvgIpc) is 2.61. The van der Waals surface area contributed by atoms with Crippen molar-refractivity contribution in [2.75, 3.05) is 0 Å². The first kappa shape index (κ1) is 21.6. The first-order valence-corrected chi connectivity index (χ1v) is 10.0. The van der Waals surface area contributed by atoms with Crippen molar-refractivity contribution in [3.05, 3.63) is 59.0 Å². The summed E-state index contributed by atoms with van der Waals surface area (Å²) in [6.45, 7) is 11.0. The van der Waals surface area contributed by atoms with E-state index in [4.69, 9.17) is 9.47 Å². The topological polar surface area (TPSA) is 52.6 Å². The highest BCUT2D eigenvalue weighted by Gasteiger charge is 2.17. The molecule has 0 aliphatic heterocycles. The molecular weight excluding hydrogens is 376 g/mol. The number of ether oxygens (including phenoxy) is 2. The van der Waals surface area contributed by atoms with Gasteiger partial charge < -0.3 is 9.47 Å². The van der Waals surface area contributed by atoms with Crippen LogP contribution in [0.5, 0.6) is 0 Å². The van der Waals surface area contributed by atoms with Crippen LogP contribution in [-0.4, -0.2) is 23.1 Å². The lowest BCUT2D eigenvalue weighted by molar-refractivity contribution is -0.147. The summed E-state index contributed by atoms with van der Waals surface area (Å²) < 4.78 is 11.0. The van der Waals surface area contributed by atoms with Crippen molar-refractivity contribution in [3.63, 3.8) is 0 Å². The van der Waals surface area contributed by atoms with Crippen LogP contribution in [-0.2, 0) is 19.1 Å². The van der Waals surface area contributed by atoms with E-state index >= 15 is 0 Å². The second-order valence-electron chi connectivity index (χ2n) is 9.27. The second kappa shape index (κ2) is 7.94. The predicted octanol–water partition coefficient (Wildman–Crippen LogP) is 4.24. The standard InChI is InChI=1S/C26H28O4/c1-25(2,3)29-23(27)15-21-17-11-7-9-13-19(17)22(16-24(28)30-26(4,5)6)20-14-10-8-12-18(20)21/h7-16H,1-6H3. The number of esters is 2. The van der Waals surface area contributed by atoms with Crippen molar-refractivity contribution in [1.29, 1.82) is 0 Å². The smallest absolute Gasteiger partial charge is 0.331 e. The van der Waals surface area contributed by atoms with Gasteiger partial charge in [0.05, 0.1) is 0 Å². The first-order valence-electron chi connectivity index (χ1n) is 10.0. The molecule has 156 valence electrons. The zero-order chi connectivity index (χ0) is 22.1. The molecule has 0 atom stereocenters. The summed E-state index contributed by atoms with van der Waals surface area (Å²) in [5.74, 6) is -0.802. The van der Waals surface area contributed by atoms with E-state index in [1.54, 1.807) is 0 Å². The molecule has 0 spiro atoms. The Balaban J connectivity index is 2.37. The number of rotatable bonds is 2. The lowest BCUT2D eigenvalue weighted by atomic mass is 9.97. The molecule has 0 fully saturated rings. The minimum absolute atomic E-state index is 0.401. The van der Waals surface area contributed by atoms with Gasteiger partial charge in [0.2, 0.25) is 0 Å². The van der Waals surface area contributed by atoms with Crippen LogP contribution >= 0.6 is 0 Å². The molecule has 30 heavy (non-hydrogen) atoms. The molecule has 3 aromatic carbocycles. The van der Waals surface area contributed by atoms with E-state index in [-0.39, 0.29) is 0 Å². The zero-order valence-corrected chi connectivity index (χ0v) is 18.4. The Morgan fingerprint density at radius 1 is 0.600 bits per heavy atom. The fraction of sp³-hybridized carbons (Fsp3) is 0.308. The van der Waals surface area contributed by atoms with Gasteiger partial charge >= 0.3 is 11.9 Å². The van der Waals surface area contributed by atoms with E-state index in [0.29, 0.717) is 0 Å². The maximum Gasteiger partial charge on any atom is 0.331 e. The van der Waals surface area contributed by atoms with E-state index in [0.717, 1.165) is 32.0 Å². The summed E-state index contributed by atoms with van der Waals surface area (Å²) in [4.78, 5) is 25.2. The number of carbonyl (C=O) groups is 2. The Kier molecular flexibility index (Phi) is 5.71. The lowest BCUT2D eigenvalue weighted by Crippen LogP contribution is -2.25. The molecule has 0 saturated heterocycles. The van der Waals surface area contributed by atoms with Crippen molar-refractivity contribution in [3.8, 4) is 0 Å². The molecule has 3 aromatic rings. The Bertz CT molecular complexity index is 1080. The summed E-state index contributed by atoms with van der Waals surface area (Å²) in [5, 5.41) is 5.04. The highest BCUT2D eigenvalue weighted by atomic mass is 16.6. The number of carbonyl (C=O) groups excluding carboxylic acids is 2. The number of hydrogen-bond acceptors (Lipinski definition) is 4. The summed E-state index contributed by atoms with van der Waals surface area (Å²) in [7, 11) is 0. The largest absolute Gasteiger partial charge is 0.457 e. The van der Waals surface area contributed by atoms with Crippen molar-refractivity contribution in [2.45, 2.75) is 52.7 Å². The first-order chi connectivity index (χ1) is 13.9. The molecule has 4 nitrogen and oxygen atoms in total. The molecule has 0 saturated carbocycles. The van der Waals surface area contributed by atoms with E-state index in [1.165, 1.54) is 12.2 Å². The zero-order valence-electron chi connectivity index (χ0n) is 18.4. The second-order valence-corrected chi connectivity index (χ2v) is 9.27. The molecule has 0 aromatic heterocycles. The van der Waals surface area contributed by atoms with Gasteiger partial charge in [-0.25, -0.2) is 9.59 Å². The van der Waals surface area contributed by atoms with Crippen molar-refractivity contribution in [1.82, 2.24) is 0 Å². The van der Waals surface area contributed by atoms with Crippen LogP contribution in [0.15, 0.2) is 48.5 Å². The van der Waals surface area contributed by atoms with Crippen molar-refractivity contribution in [2.24, 2.45) is 0 Å². The fourth-order valence-electron chi connectivity index (χ4n) is 3.41. The quantitative estimate of drug-likeness (QED) is 0.474. The Morgan fingerprint density at radius 3 is 1.10 bits per heavy atom. The van der Waals surface area contributed by atoms with Gasteiger partial charge in [0.15, 0.2) is 0 Å². The number of benzene rings is 3. The molecule has 0 aliphatic carbocycles. The van der Waals surface area contributed by atoms with Crippen LogP contribution in [0.25, 0.3) is 33.7 Å². The fourth-order valence-corrected chi connectivity index (χ4v) is 3.41. The minimum Gasteiger partial charge on any atom is -0.457 e. The maximum atomic E-state index is 12.6. The van der Waals surface area contributed by atoms with Crippen LogP contribution in [0, 0.1) is 0 Å². The molecular formula is C26H28O4. The predicted molar refractivity (Wildman–Crippen MR) is 121 cm³/mol. The normalized spacial score (nSPS) is 11.9. The Morgan fingerprint density at radius 2 is 0.867 bits per heavy atom. The summed E-state index contributed by atoms with van der Waals surface area (Å²) in [5.41, 5.74) is -1.16. The van der Waals surface area contributed by atoms with E-state index in [1.807, 2.05) is 90.1 Å². The lowest BCUT2D eigenvalue weighted by Gasteiger charge is -2.18. The van der Waals surface area contributed by atoms with Gasteiger partial charge in [0.1, 0.15) is 11.2 Å². The van der Waals surface area contributed by atoms with Crippen LogP contribution in [0.1, 0.15) is 41.5 Å². The van der Waals surface area contributed by atoms with Crippen LogP contribution in [0.4, 0.5) is 0 Å². The Labute approximate surface area is 176 Å². The van der Waals surface area contributed by atoms with Gasteiger partial charge in [-0.2, -0.15) is 0 Å². The highest BCUT2D eigenvalue weighted by Crippen LogP contribution is 2.15. The van der Waals surface area contributed by atoms with E-state index in [2.05, 4.69) is 0 Å². The Hall–Kier alpha value is -3.14. The summed E-state index contributed by atoms with van der Waals surface area (Å²) >= 11 is 0. The van der Waals surface area contributed by atoms with Crippen LogP contribution in [0.3, 0.4) is 0 Å². The van der Waals surface area contributed by atoms with E-state index in [9.17, 15) is 9.59 Å². The van der Waals surface area contributed by atoms with Gasteiger partial charge in [-0.1, -0.05) is 48.5 Å². The molecule has 4 heteroatoms. The maximum absolute atomic E-state index is 12.6. The third-order valence-electron chi connectivity index (χ3n) is 4.35. The van der Waals surface area contributed by atoms with Crippen molar-refractivity contribution >= 4 is 45.6 Å². The molecule has 0 aliphatic rings. The minimum atomic E-state index is -0.580. The number of hydrogen-bond donors (Lipinski definition) is 0. The van der Waals surface area contributed by atoms with Crippen LogP contribution in [0.2, 0.25) is 0 Å². The van der Waals surface area contributed by atoms with Gasteiger partial charge in [0.25, 0.3) is 0 Å². The van der Waals surface area contributed by atoms with Gasteiger partial charge in [-0.15, -0.1) is 0 Å². The molecule has 0 amide bonds. The van der Waals surface area contributed by atoms with E-state index < -0.39 is 23.1 Å². The average molecular weight is 405 g/mol. The molecule has 0 heterocycles. The third-order valence-corrected chi connectivity index (χ3v) is 4.35. The third kappa shape index (κ3) is 5.07. The molecule has 0 bridgehead atoms. The summed E-state index contributed by atoms with van der Waals surface area (Å²) in [6, 6.07) is 15.5. The summed E-state index contributed by atoms with van der Waals surface area (Å²) in [6.07, 6.45) is 3.07. The van der Waals surface area contributed by atoms with Gasteiger partial charge in [0, 0.05) is 12.2 Å². The van der Waals surface area contributed by atoms with Crippen molar-refractivity contribution < 1.29 is 19.1 Å². The van der Waals surface area contributed by atoms with Gasteiger partial charge in [-0.05, 0) is 73.5 Å². The highest BCUT2D eigenvalue weighted by molar-refractivity contribution is 6.11. The van der Waals surface area contributed by atoms with Gasteiger partial charge in [-0.3, -0.25) is 0 Å². The monoisotopic (exact) mass is 404 g/mol. The SMILES string of the molecule is CC(C)(C)OC(=O)C=c1c2ccccc2c(=CC(=O)OC(C)(C)C)c2ccccc12. The molecule has 0 unspecified atom stereocenters. The van der Waals surface area contributed by atoms with Crippen LogP contribution < -0.4 is 10.4 Å². The molecule has 3 rings (SSSR count). The number of fused-ring (bicyclic) bond motifs is 2.